The molecule has 0 unspecified atom stereocenters. The van der Waals surface area contributed by atoms with Gasteiger partial charge in [-0.05, 0) is 88.6 Å². The van der Waals surface area contributed by atoms with Crippen LogP contribution in [0.2, 0.25) is 0 Å². The molecule has 0 N–H and O–H groups in total. The molecule has 0 spiro atoms. The van der Waals surface area contributed by atoms with Crippen LogP contribution >= 0.6 is 0 Å². The fourth-order valence-corrected chi connectivity index (χ4v) is 9.50. The normalized spacial score (nSPS) is 12.3. The molecule has 0 fully saturated rings. The number of hydrogen-bond donors (Lipinski definition) is 0. The van der Waals surface area contributed by atoms with E-state index in [-0.39, 0.29) is 0 Å². The first kappa shape index (κ1) is 29.8. The molecule has 4 aromatic heterocycles. The second-order valence-electron chi connectivity index (χ2n) is 14.8. The number of fused-ring (bicyclic) bond motifs is 14. The summed E-state index contributed by atoms with van der Waals surface area (Å²) in [6.07, 6.45) is 0. The molecule has 13 aromatic rings. The average molecular weight is 715 g/mol. The van der Waals surface area contributed by atoms with Gasteiger partial charge in [0.1, 0.15) is 11.2 Å². The molecule has 0 aliphatic rings. The molecule has 0 aliphatic carbocycles. The molecule has 13 rings (SSSR count). The van der Waals surface area contributed by atoms with Crippen molar-refractivity contribution < 1.29 is 8.83 Å². The molecule has 4 heterocycles. The van der Waals surface area contributed by atoms with E-state index in [9.17, 15) is 0 Å². The fraction of sp³-hybridized carbons (Fsp3) is 0. The second-order valence-corrected chi connectivity index (χ2v) is 14.8. The number of furan rings is 2. The van der Waals surface area contributed by atoms with Crippen LogP contribution in [0.3, 0.4) is 0 Å². The van der Waals surface area contributed by atoms with Gasteiger partial charge in [-0.3, -0.25) is 0 Å². The monoisotopic (exact) mass is 714 g/mol. The Balaban J connectivity index is 1.14. The van der Waals surface area contributed by atoms with Gasteiger partial charge in [0.15, 0.2) is 11.2 Å². The van der Waals surface area contributed by atoms with Gasteiger partial charge in [0, 0.05) is 54.5 Å². The summed E-state index contributed by atoms with van der Waals surface area (Å²) in [5.74, 6) is 0. The summed E-state index contributed by atoms with van der Waals surface area (Å²) in [5, 5.41) is 11.5. The lowest BCUT2D eigenvalue weighted by atomic mass is 9.93. The molecule has 260 valence electrons. The minimum absolute atomic E-state index is 0.757. The molecule has 4 nitrogen and oxygen atoms in total. The smallest absolute Gasteiger partial charge is 0.179 e. The summed E-state index contributed by atoms with van der Waals surface area (Å²) in [4.78, 5) is 0. The van der Waals surface area contributed by atoms with Gasteiger partial charge in [0.25, 0.3) is 0 Å². The van der Waals surface area contributed by atoms with E-state index in [1.807, 2.05) is 0 Å². The predicted octanol–water partition coefficient (Wildman–Crippen LogP) is 14.5. The molecular formula is C52H30N2O2. The Hall–Kier alpha value is -7.56. The quantitative estimate of drug-likeness (QED) is 0.183. The van der Waals surface area contributed by atoms with E-state index in [1.54, 1.807) is 0 Å². The molecule has 4 heteroatoms. The SMILES string of the molecule is c1ccc2c(-c3cc4c5cc(-n6c7ccccc7c7ccccc76)ccc5oc4c4oc5ccc(-n6c7ccccc7c7ccccc76)cc5c34)cccc2c1. The van der Waals surface area contributed by atoms with Crippen LogP contribution in [0.5, 0.6) is 0 Å². The number of aromatic nitrogens is 2. The summed E-state index contributed by atoms with van der Waals surface area (Å²) < 4.78 is 18.5. The zero-order valence-corrected chi connectivity index (χ0v) is 30.0. The molecule has 0 saturated heterocycles. The maximum atomic E-state index is 6.93. The Morgan fingerprint density at radius 2 is 0.768 bits per heavy atom. The Morgan fingerprint density at radius 3 is 1.36 bits per heavy atom. The summed E-state index contributed by atoms with van der Waals surface area (Å²) >= 11 is 0. The second kappa shape index (κ2) is 11.0. The Bertz CT molecular complexity index is 3670. The van der Waals surface area contributed by atoms with Crippen LogP contribution in [-0.2, 0) is 0 Å². The third kappa shape index (κ3) is 3.97. The van der Waals surface area contributed by atoms with E-state index in [0.717, 1.165) is 66.4 Å². The van der Waals surface area contributed by atoms with Crippen LogP contribution in [0.4, 0.5) is 0 Å². The van der Waals surface area contributed by atoms with E-state index in [0.29, 0.717) is 0 Å². The predicted molar refractivity (Wildman–Crippen MR) is 233 cm³/mol. The minimum atomic E-state index is 0.757. The molecule has 0 bridgehead atoms. The molecular weight excluding hydrogens is 685 g/mol. The number of para-hydroxylation sites is 4. The lowest BCUT2D eigenvalue weighted by Crippen LogP contribution is -1.93. The molecule has 0 aliphatic heterocycles. The van der Waals surface area contributed by atoms with E-state index >= 15 is 0 Å². The number of rotatable bonds is 3. The van der Waals surface area contributed by atoms with Crippen molar-refractivity contribution in [3.63, 3.8) is 0 Å². The highest BCUT2D eigenvalue weighted by Crippen LogP contribution is 2.47. The van der Waals surface area contributed by atoms with Gasteiger partial charge in [-0.15, -0.1) is 0 Å². The molecule has 0 saturated carbocycles. The summed E-state index contributed by atoms with van der Waals surface area (Å²) in [5.41, 5.74) is 12.3. The molecule has 56 heavy (non-hydrogen) atoms. The lowest BCUT2D eigenvalue weighted by Gasteiger charge is -2.11. The van der Waals surface area contributed by atoms with Gasteiger partial charge >= 0.3 is 0 Å². The van der Waals surface area contributed by atoms with Gasteiger partial charge in [-0.25, -0.2) is 0 Å². The van der Waals surface area contributed by atoms with E-state index in [1.165, 1.54) is 54.4 Å². The van der Waals surface area contributed by atoms with Crippen molar-refractivity contribution in [1.82, 2.24) is 9.13 Å². The van der Waals surface area contributed by atoms with Crippen LogP contribution in [0.25, 0.3) is 121 Å². The van der Waals surface area contributed by atoms with Gasteiger partial charge < -0.3 is 18.0 Å². The van der Waals surface area contributed by atoms with Crippen molar-refractivity contribution >= 4 is 98.3 Å². The number of hydrogen-bond acceptors (Lipinski definition) is 2. The van der Waals surface area contributed by atoms with Crippen molar-refractivity contribution in [1.29, 1.82) is 0 Å². The maximum absolute atomic E-state index is 6.93. The summed E-state index contributed by atoms with van der Waals surface area (Å²) in [6, 6.07) is 65.3. The maximum Gasteiger partial charge on any atom is 0.179 e. The molecule has 0 atom stereocenters. The van der Waals surface area contributed by atoms with E-state index in [4.69, 9.17) is 8.83 Å². The Morgan fingerprint density at radius 1 is 0.304 bits per heavy atom. The third-order valence-electron chi connectivity index (χ3n) is 11.9. The Kier molecular flexibility index (Phi) is 5.86. The first-order valence-electron chi connectivity index (χ1n) is 19.1. The average Bonchev–Trinajstić information content (AvgIpc) is 4.01. The van der Waals surface area contributed by atoms with Gasteiger partial charge in [-0.1, -0.05) is 115 Å². The largest absolute Gasteiger partial charge is 0.452 e. The minimum Gasteiger partial charge on any atom is -0.452 e. The van der Waals surface area contributed by atoms with Crippen LogP contribution in [0.15, 0.2) is 191 Å². The number of nitrogens with zero attached hydrogens (tertiary/aromatic N) is 2. The number of benzene rings is 9. The first-order valence-corrected chi connectivity index (χ1v) is 19.1. The first-order chi connectivity index (χ1) is 27.8. The highest BCUT2D eigenvalue weighted by Gasteiger charge is 2.23. The van der Waals surface area contributed by atoms with Crippen LogP contribution < -0.4 is 0 Å². The van der Waals surface area contributed by atoms with Crippen molar-refractivity contribution in [2.24, 2.45) is 0 Å². The van der Waals surface area contributed by atoms with Gasteiger partial charge in [0.2, 0.25) is 0 Å². The van der Waals surface area contributed by atoms with Crippen molar-refractivity contribution in [2.45, 2.75) is 0 Å². The van der Waals surface area contributed by atoms with Gasteiger partial charge in [-0.2, -0.15) is 0 Å². The van der Waals surface area contributed by atoms with Crippen molar-refractivity contribution in [3.8, 4) is 22.5 Å². The van der Waals surface area contributed by atoms with Crippen molar-refractivity contribution in [3.05, 3.63) is 182 Å². The lowest BCUT2D eigenvalue weighted by molar-refractivity contribution is 0.633. The highest BCUT2D eigenvalue weighted by atomic mass is 16.4. The summed E-state index contributed by atoms with van der Waals surface area (Å²) in [6.45, 7) is 0. The van der Waals surface area contributed by atoms with Crippen LogP contribution in [-0.4, -0.2) is 9.13 Å². The molecule has 9 aromatic carbocycles. The highest BCUT2D eigenvalue weighted by molar-refractivity contribution is 6.26. The zero-order valence-electron chi connectivity index (χ0n) is 30.0. The van der Waals surface area contributed by atoms with E-state index in [2.05, 4.69) is 191 Å². The van der Waals surface area contributed by atoms with Crippen molar-refractivity contribution in [2.75, 3.05) is 0 Å². The Labute approximate surface area is 319 Å². The van der Waals surface area contributed by atoms with Crippen LogP contribution in [0.1, 0.15) is 0 Å². The standard InChI is InChI=1S/C52H30N2O2/c1-2-14-34-31(12-1)13-11-19-35(34)41-30-42-40-28-32(53-44-20-7-3-15-36(44)37-16-4-8-21-45(37)53)24-26-48(40)55-51(42)52-50(41)43-29-33(25-27-49(43)56-52)54-46-22-9-5-17-38(46)39-18-6-10-23-47(39)54/h1-30H. The zero-order chi connectivity index (χ0) is 36.5. The topological polar surface area (TPSA) is 36.1 Å². The third-order valence-corrected chi connectivity index (χ3v) is 11.9. The van der Waals surface area contributed by atoms with Gasteiger partial charge in [0.05, 0.1) is 22.1 Å². The fourth-order valence-electron chi connectivity index (χ4n) is 9.50. The molecule has 0 radical (unpaired) electrons. The summed E-state index contributed by atoms with van der Waals surface area (Å²) in [7, 11) is 0. The van der Waals surface area contributed by atoms with E-state index < -0.39 is 0 Å². The van der Waals surface area contributed by atoms with Crippen LogP contribution in [0, 0.1) is 0 Å². The molecule has 0 amide bonds.